The third kappa shape index (κ3) is 3.87. The Morgan fingerprint density at radius 3 is 2.44 bits per heavy atom. The van der Waals surface area contributed by atoms with Gasteiger partial charge in [0.15, 0.2) is 5.78 Å². The molecule has 4 heteroatoms. The maximum Gasteiger partial charge on any atom is 0.241 e. The molecule has 1 N–H and O–H groups in total. The summed E-state index contributed by atoms with van der Waals surface area (Å²) in [5.74, 6) is 0.0851. The summed E-state index contributed by atoms with van der Waals surface area (Å²) in [6, 6.07) is 7.18. The maximum atomic E-state index is 11.8. The number of hydrogen-bond acceptors (Lipinski definition) is 3. The lowest BCUT2D eigenvalue weighted by atomic mass is 10.1. The van der Waals surface area contributed by atoms with Crippen LogP contribution in [0.5, 0.6) is 0 Å². The largest absolute Gasteiger partial charge is 0.376 e. The van der Waals surface area contributed by atoms with E-state index in [9.17, 15) is 9.59 Å². The zero-order valence-corrected chi connectivity index (χ0v) is 11.2. The van der Waals surface area contributed by atoms with Crippen molar-refractivity contribution in [2.24, 2.45) is 0 Å². The van der Waals surface area contributed by atoms with Crippen LogP contribution >= 0.6 is 0 Å². The second-order valence-electron chi connectivity index (χ2n) is 4.06. The Kier molecular flexibility index (Phi) is 5.36. The molecule has 1 rings (SSSR count). The Balaban J connectivity index is 2.61. The van der Waals surface area contributed by atoms with Gasteiger partial charge in [-0.15, -0.1) is 0 Å². The number of anilines is 1. The molecular weight excluding hydrogens is 228 g/mol. The molecule has 1 aromatic carbocycles. The summed E-state index contributed by atoms with van der Waals surface area (Å²) < 4.78 is 0. The molecule has 0 aliphatic heterocycles. The SMILES string of the molecule is CCN(CC)C(=O)CNc1cccc(C(C)=O)c1. The van der Waals surface area contributed by atoms with Crippen molar-refractivity contribution in [3.8, 4) is 0 Å². The van der Waals surface area contributed by atoms with Crippen molar-refractivity contribution in [2.75, 3.05) is 25.0 Å². The molecular formula is C14H20N2O2. The molecule has 0 aromatic heterocycles. The van der Waals surface area contributed by atoms with Crippen LogP contribution in [-0.2, 0) is 4.79 Å². The van der Waals surface area contributed by atoms with Crippen LogP contribution in [0.4, 0.5) is 5.69 Å². The van der Waals surface area contributed by atoms with Crippen LogP contribution in [0, 0.1) is 0 Å². The van der Waals surface area contributed by atoms with Gasteiger partial charge in [-0.3, -0.25) is 9.59 Å². The number of nitrogens with one attached hydrogen (secondary N) is 1. The molecule has 98 valence electrons. The average molecular weight is 248 g/mol. The molecule has 0 heterocycles. The highest BCUT2D eigenvalue weighted by Gasteiger charge is 2.09. The molecule has 1 amide bonds. The van der Waals surface area contributed by atoms with E-state index in [1.54, 1.807) is 23.1 Å². The number of carbonyl (C=O) groups excluding carboxylic acids is 2. The van der Waals surface area contributed by atoms with Gasteiger partial charge in [0, 0.05) is 24.3 Å². The number of benzene rings is 1. The molecule has 1 aromatic rings. The van der Waals surface area contributed by atoms with Crippen LogP contribution in [-0.4, -0.2) is 36.2 Å². The lowest BCUT2D eigenvalue weighted by molar-refractivity contribution is -0.128. The first-order valence-corrected chi connectivity index (χ1v) is 6.21. The first-order valence-electron chi connectivity index (χ1n) is 6.21. The van der Waals surface area contributed by atoms with Crippen LogP contribution in [0.3, 0.4) is 0 Å². The van der Waals surface area contributed by atoms with E-state index in [1.807, 2.05) is 19.9 Å². The number of rotatable bonds is 6. The predicted molar refractivity (Wildman–Crippen MR) is 72.9 cm³/mol. The molecule has 0 aliphatic carbocycles. The molecule has 18 heavy (non-hydrogen) atoms. The van der Waals surface area contributed by atoms with Crippen molar-refractivity contribution < 1.29 is 9.59 Å². The van der Waals surface area contributed by atoms with Crippen molar-refractivity contribution in [1.82, 2.24) is 4.90 Å². The highest BCUT2D eigenvalue weighted by atomic mass is 16.2. The van der Waals surface area contributed by atoms with Crippen molar-refractivity contribution >= 4 is 17.4 Å². The standard InChI is InChI=1S/C14H20N2O2/c1-4-16(5-2)14(18)10-15-13-8-6-7-12(9-13)11(3)17/h6-9,15H,4-5,10H2,1-3H3. The van der Waals surface area contributed by atoms with Gasteiger partial charge in [-0.25, -0.2) is 0 Å². The molecule has 0 spiro atoms. The van der Waals surface area contributed by atoms with E-state index in [4.69, 9.17) is 0 Å². The van der Waals surface area contributed by atoms with Crippen molar-refractivity contribution in [2.45, 2.75) is 20.8 Å². The fraction of sp³-hybridized carbons (Fsp3) is 0.429. The van der Waals surface area contributed by atoms with Gasteiger partial charge >= 0.3 is 0 Å². The number of amides is 1. The minimum atomic E-state index is 0.0220. The zero-order chi connectivity index (χ0) is 13.5. The number of nitrogens with zero attached hydrogens (tertiary/aromatic N) is 1. The molecule has 0 bridgehead atoms. The minimum absolute atomic E-state index is 0.0220. The lowest BCUT2D eigenvalue weighted by Gasteiger charge is -2.19. The Morgan fingerprint density at radius 1 is 1.22 bits per heavy atom. The quantitative estimate of drug-likeness (QED) is 0.785. The maximum absolute atomic E-state index is 11.8. The second kappa shape index (κ2) is 6.79. The smallest absolute Gasteiger partial charge is 0.241 e. The second-order valence-corrected chi connectivity index (χ2v) is 4.06. The van der Waals surface area contributed by atoms with Gasteiger partial charge in [0.05, 0.1) is 6.54 Å². The highest BCUT2D eigenvalue weighted by molar-refractivity contribution is 5.95. The minimum Gasteiger partial charge on any atom is -0.376 e. The highest BCUT2D eigenvalue weighted by Crippen LogP contribution is 2.10. The van der Waals surface area contributed by atoms with E-state index in [0.717, 1.165) is 5.69 Å². The number of carbonyl (C=O) groups is 2. The third-order valence-corrected chi connectivity index (χ3v) is 2.83. The van der Waals surface area contributed by atoms with Gasteiger partial charge in [0.1, 0.15) is 0 Å². The van der Waals surface area contributed by atoms with E-state index in [0.29, 0.717) is 18.7 Å². The number of hydrogen-bond donors (Lipinski definition) is 1. The fourth-order valence-corrected chi connectivity index (χ4v) is 1.71. The number of likely N-dealkylation sites (N-methyl/N-ethyl adjacent to an activating group) is 1. The first kappa shape index (κ1) is 14.2. The summed E-state index contributed by atoms with van der Waals surface area (Å²) in [7, 11) is 0. The molecule has 0 aliphatic rings. The molecule has 0 unspecified atom stereocenters. The van der Waals surface area contributed by atoms with Gasteiger partial charge < -0.3 is 10.2 Å². The monoisotopic (exact) mass is 248 g/mol. The van der Waals surface area contributed by atoms with Crippen LogP contribution in [0.1, 0.15) is 31.1 Å². The summed E-state index contributed by atoms with van der Waals surface area (Å²) in [6.07, 6.45) is 0. The van der Waals surface area contributed by atoms with Crippen LogP contribution in [0.2, 0.25) is 0 Å². The zero-order valence-electron chi connectivity index (χ0n) is 11.2. The number of ketones is 1. The van der Waals surface area contributed by atoms with E-state index in [1.165, 1.54) is 6.92 Å². The molecule has 0 atom stereocenters. The van der Waals surface area contributed by atoms with Gasteiger partial charge in [0.25, 0.3) is 0 Å². The molecule has 0 saturated carbocycles. The van der Waals surface area contributed by atoms with Gasteiger partial charge in [-0.05, 0) is 32.9 Å². The Hall–Kier alpha value is -1.84. The topological polar surface area (TPSA) is 49.4 Å². The molecule has 0 fully saturated rings. The summed E-state index contributed by atoms with van der Waals surface area (Å²) in [5, 5.41) is 3.05. The van der Waals surface area contributed by atoms with Gasteiger partial charge in [-0.1, -0.05) is 12.1 Å². The normalized spacial score (nSPS) is 9.94. The molecule has 4 nitrogen and oxygen atoms in total. The average Bonchev–Trinajstić information content (AvgIpc) is 2.38. The van der Waals surface area contributed by atoms with Crippen molar-refractivity contribution in [3.63, 3.8) is 0 Å². The van der Waals surface area contributed by atoms with Crippen LogP contribution in [0.15, 0.2) is 24.3 Å². The van der Waals surface area contributed by atoms with Crippen LogP contribution in [0.25, 0.3) is 0 Å². The Morgan fingerprint density at radius 2 is 1.89 bits per heavy atom. The van der Waals surface area contributed by atoms with E-state index < -0.39 is 0 Å². The van der Waals surface area contributed by atoms with E-state index in [2.05, 4.69) is 5.32 Å². The van der Waals surface area contributed by atoms with Crippen LogP contribution < -0.4 is 5.32 Å². The Labute approximate surface area is 108 Å². The van der Waals surface area contributed by atoms with Crippen molar-refractivity contribution in [3.05, 3.63) is 29.8 Å². The Bertz CT molecular complexity index is 426. The summed E-state index contributed by atoms with van der Waals surface area (Å²) in [6.45, 7) is 7.12. The molecule has 0 saturated heterocycles. The lowest BCUT2D eigenvalue weighted by Crippen LogP contribution is -2.35. The van der Waals surface area contributed by atoms with Gasteiger partial charge in [0.2, 0.25) is 5.91 Å². The van der Waals surface area contributed by atoms with E-state index in [-0.39, 0.29) is 18.2 Å². The van der Waals surface area contributed by atoms with E-state index >= 15 is 0 Å². The fourth-order valence-electron chi connectivity index (χ4n) is 1.71. The number of Topliss-reactive ketones (excluding diaryl/α,β-unsaturated/α-hetero) is 1. The van der Waals surface area contributed by atoms with Crippen molar-refractivity contribution in [1.29, 1.82) is 0 Å². The third-order valence-electron chi connectivity index (χ3n) is 2.83. The molecule has 0 radical (unpaired) electrons. The summed E-state index contributed by atoms with van der Waals surface area (Å²) in [4.78, 5) is 24.8. The predicted octanol–water partition coefficient (Wildman–Crippen LogP) is 2.17. The summed E-state index contributed by atoms with van der Waals surface area (Å²) >= 11 is 0. The van der Waals surface area contributed by atoms with Gasteiger partial charge in [-0.2, -0.15) is 0 Å². The summed E-state index contributed by atoms with van der Waals surface area (Å²) in [5.41, 5.74) is 1.44. The first-order chi connectivity index (χ1) is 8.58.